The Balaban J connectivity index is 2.12. The molecule has 7 nitrogen and oxygen atoms in total. The number of rotatable bonds is 1. The van der Waals surface area contributed by atoms with Gasteiger partial charge in [0.15, 0.2) is 0 Å². The van der Waals surface area contributed by atoms with Crippen LogP contribution in [0.5, 0.6) is 0 Å². The third-order valence-corrected chi connectivity index (χ3v) is 1.96. The fourth-order valence-electron chi connectivity index (χ4n) is 1.32. The number of nitrogen functional groups attached to an aromatic ring is 1. The average molecular weight is 197 g/mol. The van der Waals surface area contributed by atoms with Crippen LogP contribution in [-0.2, 0) is 4.79 Å². The summed E-state index contributed by atoms with van der Waals surface area (Å²) < 4.78 is 5.03. The zero-order valence-corrected chi connectivity index (χ0v) is 7.56. The molecule has 14 heavy (non-hydrogen) atoms. The van der Waals surface area contributed by atoms with E-state index < -0.39 is 0 Å². The smallest absolute Gasteiger partial charge is 0.319 e. The van der Waals surface area contributed by atoms with Crippen molar-refractivity contribution in [2.75, 3.05) is 30.3 Å². The molecule has 1 aliphatic heterocycles. The van der Waals surface area contributed by atoms with Crippen molar-refractivity contribution in [1.82, 2.24) is 15.5 Å². The van der Waals surface area contributed by atoms with Gasteiger partial charge < -0.3 is 20.4 Å². The molecule has 0 atom stereocenters. The second kappa shape index (κ2) is 3.52. The number of carbonyl (C=O) groups excluding carboxylic acids is 1. The zero-order valence-electron chi connectivity index (χ0n) is 7.56. The molecule has 1 aromatic heterocycles. The highest BCUT2D eigenvalue weighted by molar-refractivity contribution is 5.80. The molecule has 0 saturated carbocycles. The van der Waals surface area contributed by atoms with Gasteiger partial charge in [0, 0.05) is 13.1 Å². The van der Waals surface area contributed by atoms with E-state index in [1.54, 1.807) is 4.90 Å². The summed E-state index contributed by atoms with van der Waals surface area (Å²) in [5.41, 5.74) is 5.29. The quantitative estimate of drug-likeness (QED) is 0.598. The molecule has 0 spiro atoms. The number of carbonyl (C=O) groups is 1. The molecule has 0 aromatic carbocycles. The molecule has 0 unspecified atom stereocenters. The van der Waals surface area contributed by atoms with E-state index in [2.05, 4.69) is 15.5 Å². The second-order valence-electron chi connectivity index (χ2n) is 3.05. The van der Waals surface area contributed by atoms with E-state index in [1.807, 2.05) is 0 Å². The Hall–Kier alpha value is -1.79. The first-order chi connectivity index (χ1) is 6.75. The van der Waals surface area contributed by atoms with Crippen molar-refractivity contribution in [1.29, 1.82) is 0 Å². The number of nitrogens with zero attached hydrogens (tertiary/aromatic N) is 3. The highest BCUT2D eigenvalue weighted by atomic mass is 16.4. The van der Waals surface area contributed by atoms with Crippen LogP contribution in [-0.4, -0.2) is 35.7 Å². The molecule has 1 aliphatic rings. The van der Waals surface area contributed by atoms with E-state index in [0.29, 0.717) is 19.1 Å². The van der Waals surface area contributed by atoms with Crippen LogP contribution < -0.4 is 16.0 Å². The van der Waals surface area contributed by atoms with Crippen LogP contribution in [0.15, 0.2) is 4.42 Å². The Morgan fingerprint density at radius 2 is 2.36 bits per heavy atom. The maximum Gasteiger partial charge on any atom is 0.319 e. The summed E-state index contributed by atoms with van der Waals surface area (Å²) in [7, 11) is 0. The number of hydrogen-bond acceptors (Lipinski definition) is 6. The molecular formula is C7H11N5O2. The largest absolute Gasteiger partial charge is 0.390 e. The Morgan fingerprint density at radius 1 is 1.50 bits per heavy atom. The minimum atomic E-state index is -0.0423. The first-order valence-electron chi connectivity index (χ1n) is 4.36. The van der Waals surface area contributed by atoms with E-state index in [0.717, 1.165) is 6.42 Å². The Morgan fingerprint density at radius 3 is 3.07 bits per heavy atom. The van der Waals surface area contributed by atoms with Gasteiger partial charge in [-0.2, -0.15) is 0 Å². The summed E-state index contributed by atoms with van der Waals surface area (Å²) in [5.74, 6) is -0.0423. The van der Waals surface area contributed by atoms with Gasteiger partial charge in [0.1, 0.15) is 6.54 Å². The molecule has 7 heteroatoms. The highest BCUT2D eigenvalue weighted by Gasteiger charge is 2.19. The van der Waals surface area contributed by atoms with Gasteiger partial charge in [-0.25, -0.2) is 0 Å². The standard InChI is InChI=1S/C7H11N5O2/c8-6-10-11-7(14-6)12-3-1-2-9-5(13)4-12/h1-4H2,(H2,8,10)(H,9,13). The number of anilines is 2. The normalized spacial score (nSPS) is 17.7. The molecule has 3 N–H and O–H groups in total. The summed E-state index contributed by atoms with van der Waals surface area (Å²) in [6.07, 6.45) is 0.855. The summed E-state index contributed by atoms with van der Waals surface area (Å²) in [6, 6.07) is 0.323. The number of nitrogens with two attached hydrogens (primary N) is 1. The Kier molecular flexibility index (Phi) is 2.21. The topological polar surface area (TPSA) is 97.3 Å². The lowest BCUT2D eigenvalue weighted by Crippen LogP contribution is -2.33. The third kappa shape index (κ3) is 1.76. The van der Waals surface area contributed by atoms with Crippen molar-refractivity contribution in [3.63, 3.8) is 0 Å². The molecule has 2 heterocycles. The van der Waals surface area contributed by atoms with Crippen molar-refractivity contribution in [3.8, 4) is 0 Å². The minimum Gasteiger partial charge on any atom is -0.390 e. The number of amides is 1. The molecule has 76 valence electrons. The first kappa shape index (κ1) is 8.79. The van der Waals surface area contributed by atoms with Crippen LogP contribution in [0, 0.1) is 0 Å². The van der Waals surface area contributed by atoms with Gasteiger partial charge in [-0.05, 0) is 6.42 Å². The van der Waals surface area contributed by atoms with Crippen molar-refractivity contribution in [2.24, 2.45) is 0 Å². The van der Waals surface area contributed by atoms with E-state index in [4.69, 9.17) is 10.2 Å². The summed E-state index contributed by atoms with van der Waals surface area (Å²) >= 11 is 0. The summed E-state index contributed by atoms with van der Waals surface area (Å²) in [4.78, 5) is 12.9. The maximum absolute atomic E-state index is 11.2. The van der Waals surface area contributed by atoms with Gasteiger partial charge in [-0.1, -0.05) is 10.2 Å². The molecule has 1 aromatic rings. The SMILES string of the molecule is Nc1nnc(N2CCCNC(=O)C2)o1. The molecule has 0 radical (unpaired) electrons. The van der Waals surface area contributed by atoms with Gasteiger partial charge in [0.25, 0.3) is 0 Å². The van der Waals surface area contributed by atoms with Gasteiger partial charge in [0.2, 0.25) is 5.91 Å². The van der Waals surface area contributed by atoms with Crippen molar-refractivity contribution in [2.45, 2.75) is 6.42 Å². The fraction of sp³-hybridized carbons (Fsp3) is 0.571. The lowest BCUT2D eigenvalue weighted by Gasteiger charge is -2.14. The summed E-state index contributed by atoms with van der Waals surface area (Å²) in [5, 5.41) is 10.0. The third-order valence-electron chi connectivity index (χ3n) is 1.96. The lowest BCUT2D eigenvalue weighted by molar-refractivity contribution is -0.119. The molecular weight excluding hydrogens is 186 g/mol. The molecule has 0 bridgehead atoms. The van der Waals surface area contributed by atoms with Crippen molar-refractivity contribution in [3.05, 3.63) is 0 Å². The monoisotopic (exact) mass is 197 g/mol. The fourth-order valence-corrected chi connectivity index (χ4v) is 1.32. The number of hydrogen-bond donors (Lipinski definition) is 2. The predicted octanol–water partition coefficient (Wildman–Crippen LogP) is -1.02. The van der Waals surface area contributed by atoms with E-state index >= 15 is 0 Å². The Bertz CT molecular complexity index is 337. The molecule has 0 aliphatic carbocycles. The van der Waals surface area contributed by atoms with Crippen LogP contribution >= 0.6 is 0 Å². The predicted molar refractivity (Wildman–Crippen MR) is 48.6 cm³/mol. The number of nitrogens with one attached hydrogen (secondary N) is 1. The molecule has 1 amide bonds. The molecule has 2 rings (SSSR count). The summed E-state index contributed by atoms with van der Waals surface area (Å²) in [6.45, 7) is 1.63. The van der Waals surface area contributed by atoms with Crippen molar-refractivity contribution >= 4 is 17.9 Å². The zero-order chi connectivity index (χ0) is 9.97. The van der Waals surface area contributed by atoms with Crippen LogP contribution in [0.3, 0.4) is 0 Å². The van der Waals surface area contributed by atoms with Gasteiger partial charge in [-0.15, -0.1) is 0 Å². The second-order valence-corrected chi connectivity index (χ2v) is 3.05. The van der Waals surface area contributed by atoms with Crippen LogP contribution in [0.25, 0.3) is 0 Å². The van der Waals surface area contributed by atoms with Crippen LogP contribution in [0.4, 0.5) is 12.0 Å². The first-order valence-corrected chi connectivity index (χ1v) is 4.36. The molecule has 1 fully saturated rings. The van der Waals surface area contributed by atoms with E-state index in [9.17, 15) is 4.79 Å². The van der Waals surface area contributed by atoms with Gasteiger partial charge in [-0.3, -0.25) is 4.79 Å². The lowest BCUT2D eigenvalue weighted by atomic mass is 10.4. The maximum atomic E-state index is 11.2. The van der Waals surface area contributed by atoms with Gasteiger partial charge in [0.05, 0.1) is 0 Å². The minimum absolute atomic E-state index is 0.0182. The molecule has 1 saturated heterocycles. The Labute approximate surface area is 80.3 Å². The average Bonchev–Trinajstić information content (AvgIpc) is 2.45. The van der Waals surface area contributed by atoms with Crippen molar-refractivity contribution < 1.29 is 9.21 Å². The number of aromatic nitrogens is 2. The van der Waals surface area contributed by atoms with Gasteiger partial charge >= 0.3 is 12.0 Å². The van der Waals surface area contributed by atoms with E-state index in [1.165, 1.54) is 0 Å². The van der Waals surface area contributed by atoms with Crippen LogP contribution in [0.2, 0.25) is 0 Å². The van der Waals surface area contributed by atoms with Crippen LogP contribution in [0.1, 0.15) is 6.42 Å². The highest BCUT2D eigenvalue weighted by Crippen LogP contribution is 2.13. The van der Waals surface area contributed by atoms with E-state index in [-0.39, 0.29) is 18.5 Å².